The first-order chi connectivity index (χ1) is 16.9. The van der Waals surface area contributed by atoms with Gasteiger partial charge in [0.15, 0.2) is 0 Å². The molecule has 0 saturated heterocycles. The summed E-state index contributed by atoms with van der Waals surface area (Å²) in [5.41, 5.74) is 1.09. The normalized spacial score (nSPS) is 10.9. The van der Waals surface area contributed by atoms with E-state index >= 15 is 0 Å². The Kier molecular flexibility index (Phi) is 5.84. The Hall–Kier alpha value is -4.36. The number of fused-ring (bicyclic) bond motifs is 2. The monoisotopic (exact) mass is 526 g/mol. The van der Waals surface area contributed by atoms with E-state index in [1.807, 2.05) is 48.5 Å². The molecule has 6 nitrogen and oxygen atoms in total. The van der Waals surface area contributed by atoms with Crippen molar-refractivity contribution in [3.63, 3.8) is 0 Å². The van der Waals surface area contributed by atoms with Crippen LogP contribution in [-0.4, -0.2) is 22.0 Å². The third-order valence-corrected chi connectivity index (χ3v) is 6.09. The fourth-order valence-electron chi connectivity index (χ4n) is 3.95. The predicted molar refractivity (Wildman–Crippen MR) is 141 cm³/mol. The van der Waals surface area contributed by atoms with Crippen LogP contribution in [0.3, 0.4) is 0 Å². The first-order valence-corrected chi connectivity index (χ1v) is 11.5. The minimum absolute atomic E-state index is 0.128. The Labute approximate surface area is 209 Å². The lowest BCUT2D eigenvalue weighted by Gasteiger charge is -2.12. The second-order valence-electron chi connectivity index (χ2n) is 8.07. The van der Waals surface area contributed by atoms with Gasteiger partial charge in [-0.1, -0.05) is 64.5 Å². The molecule has 0 aromatic heterocycles. The van der Waals surface area contributed by atoms with Gasteiger partial charge < -0.3 is 20.8 Å². The number of carbonyl (C=O) groups excluding carboxylic acids is 2. The SMILES string of the molecule is O=C(Nc1cc(Br)cc(NC(=O)c2cc3ccccc3cc2O)c1)c1cc2ccccc2cc1O. The lowest BCUT2D eigenvalue weighted by atomic mass is 10.1. The molecular weight excluding hydrogens is 508 g/mol. The van der Waals surface area contributed by atoms with E-state index in [1.165, 1.54) is 0 Å². The van der Waals surface area contributed by atoms with Gasteiger partial charge >= 0.3 is 0 Å². The van der Waals surface area contributed by atoms with Crippen LogP contribution in [0.15, 0.2) is 95.5 Å². The molecule has 0 unspecified atom stereocenters. The van der Waals surface area contributed by atoms with E-state index in [-0.39, 0.29) is 22.6 Å². The van der Waals surface area contributed by atoms with Crippen molar-refractivity contribution in [2.24, 2.45) is 0 Å². The van der Waals surface area contributed by atoms with Crippen molar-refractivity contribution in [2.75, 3.05) is 10.6 Å². The Bertz CT molecular complexity index is 1510. The van der Waals surface area contributed by atoms with Gasteiger partial charge in [-0.15, -0.1) is 0 Å². The first kappa shape index (κ1) is 22.4. The Morgan fingerprint density at radius 3 is 1.34 bits per heavy atom. The van der Waals surface area contributed by atoms with Crippen molar-refractivity contribution in [3.05, 3.63) is 107 Å². The van der Waals surface area contributed by atoms with Crippen LogP contribution in [0.2, 0.25) is 0 Å². The second-order valence-corrected chi connectivity index (χ2v) is 8.99. The van der Waals surface area contributed by atoms with Crippen molar-refractivity contribution >= 4 is 60.7 Å². The number of benzene rings is 5. The molecule has 0 atom stereocenters. The van der Waals surface area contributed by atoms with Gasteiger partial charge in [0.2, 0.25) is 0 Å². The summed E-state index contributed by atoms with van der Waals surface area (Å²) in [6, 6.07) is 26.2. The number of rotatable bonds is 4. The molecule has 5 rings (SSSR count). The minimum Gasteiger partial charge on any atom is -0.507 e. The van der Waals surface area contributed by atoms with E-state index in [0.29, 0.717) is 15.8 Å². The van der Waals surface area contributed by atoms with Crippen LogP contribution in [0.4, 0.5) is 11.4 Å². The highest BCUT2D eigenvalue weighted by molar-refractivity contribution is 9.10. The maximum atomic E-state index is 12.9. The summed E-state index contributed by atoms with van der Waals surface area (Å²) in [5.74, 6) is -1.24. The van der Waals surface area contributed by atoms with Gasteiger partial charge in [-0.3, -0.25) is 9.59 Å². The van der Waals surface area contributed by atoms with Crippen molar-refractivity contribution in [1.82, 2.24) is 0 Å². The average molecular weight is 527 g/mol. The van der Waals surface area contributed by atoms with Crippen LogP contribution < -0.4 is 10.6 Å². The summed E-state index contributed by atoms with van der Waals surface area (Å²) in [6.07, 6.45) is 0. The Morgan fingerprint density at radius 2 is 0.943 bits per heavy atom. The quantitative estimate of drug-likeness (QED) is 0.210. The van der Waals surface area contributed by atoms with E-state index in [4.69, 9.17) is 0 Å². The fourth-order valence-corrected chi connectivity index (χ4v) is 4.44. The molecule has 172 valence electrons. The summed E-state index contributed by atoms with van der Waals surface area (Å²) < 4.78 is 0.621. The lowest BCUT2D eigenvalue weighted by Crippen LogP contribution is -2.14. The van der Waals surface area contributed by atoms with Crippen LogP contribution in [0.5, 0.6) is 11.5 Å². The number of amides is 2. The van der Waals surface area contributed by atoms with E-state index in [0.717, 1.165) is 21.5 Å². The second kappa shape index (κ2) is 9.12. The van der Waals surface area contributed by atoms with E-state index in [1.54, 1.807) is 42.5 Å². The third-order valence-electron chi connectivity index (χ3n) is 5.63. The molecule has 0 fully saturated rings. The molecule has 2 amide bonds. The van der Waals surface area contributed by atoms with Crippen LogP contribution in [0.1, 0.15) is 20.7 Å². The topological polar surface area (TPSA) is 98.7 Å². The Balaban J connectivity index is 1.39. The Morgan fingerprint density at radius 1 is 0.571 bits per heavy atom. The van der Waals surface area contributed by atoms with Gasteiger partial charge in [0.25, 0.3) is 11.8 Å². The summed E-state index contributed by atoms with van der Waals surface area (Å²) in [5, 5.41) is 29.6. The molecule has 5 aromatic carbocycles. The highest BCUT2D eigenvalue weighted by Crippen LogP contribution is 2.29. The molecule has 4 N–H and O–H groups in total. The number of hydrogen-bond acceptors (Lipinski definition) is 4. The standard InChI is InChI=1S/C28H19BrN2O4/c29-20-13-21(30-27(34)23-9-16-5-1-3-7-18(16)11-25(23)32)15-22(14-20)31-28(35)24-10-17-6-2-4-8-19(17)12-26(24)33/h1-15,32-33H,(H,30,34)(H,31,35). The fraction of sp³-hybridized carbons (Fsp3) is 0. The number of nitrogens with one attached hydrogen (secondary N) is 2. The first-order valence-electron chi connectivity index (χ1n) is 10.7. The number of carbonyl (C=O) groups is 2. The number of halogens is 1. The van der Waals surface area contributed by atoms with Gasteiger partial charge in [0, 0.05) is 15.8 Å². The van der Waals surface area contributed by atoms with Crippen molar-refractivity contribution in [3.8, 4) is 11.5 Å². The number of hydrogen-bond donors (Lipinski definition) is 4. The number of anilines is 2. The van der Waals surface area contributed by atoms with Gasteiger partial charge in [-0.05, 0) is 64.0 Å². The smallest absolute Gasteiger partial charge is 0.259 e. The molecule has 0 heterocycles. The van der Waals surface area contributed by atoms with Crippen molar-refractivity contribution in [1.29, 1.82) is 0 Å². The van der Waals surface area contributed by atoms with Crippen LogP contribution in [0, 0.1) is 0 Å². The summed E-state index contributed by atoms with van der Waals surface area (Å²) in [6.45, 7) is 0. The summed E-state index contributed by atoms with van der Waals surface area (Å²) in [4.78, 5) is 25.8. The molecule has 0 saturated carbocycles. The maximum Gasteiger partial charge on any atom is 0.259 e. The molecule has 0 aliphatic heterocycles. The molecule has 5 aromatic rings. The number of phenolic OH excluding ortho intramolecular Hbond substituents is 2. The number of aromatic hydroxyl groups is 2. The third kappa shape index (κ3) is 4.67. The van der Waals surface area contributed by atoms with Crippen molar-refractivity contribution < 1.29 is 19.8 Å². The van der Waals surface area contributed by atoms with E-state index in [2.05, 4.69) is 26.6 Å². The van der Waals surface area contributed by atoms with Crippen LogP contribution in [0.25, 0.3) is 21.5 Å². The zero-order valence-corrected chi connectivity index (χ0v) is 19.8. The zero-order valence-electron chi connectivity index (χ0n) is 18.2. The van der Waals surface area contributed by atoms with Gasteiger partial charge in [0.05, 0.1) is 11.1 Å². The molecule has 7 heteroatoms. The molecule has 0 aliphatic carbocycles. The average Bonchev–Trinajstić information content (AvgIpc) is 2.82. The molecule has 0 aliphatic rings. The molecule has 0 spiro atoms. The van der Waals surface area contributed by atoms with Gasteiger partial charge in [-0.25, -0.2) is 0 Å². The predicted octanol–water partition coefficient (Wildman–Crippen LogP) is 6.67. The number of phenols is 2. The summed E-state index contributed by atoms with van der Waals surface area (Å²) >= 11 is 3.40. The lowest BCUT2D eigenvalue weighted by molar-refractivity contribution is 0.101. The maximum absolute atomic E-state index is 12.9. The molecule has 0 bridgehead atoms. The zero-order chi connectivity index (χ0) is 24.5. The van der Waals surface area contributed by atoms with E-state index in [9.17, 15) is 19.8 Å². The summed E-state index contributed by atoms with van der Waals surface area (Å²) in [7, 11) is 0. The molecule has 35 heavy (non-hydrogen) atoms. The highest BCUT2D eigenvalue weighted by atomic mass is 79.9. The largest absolute Gasteiger partial charge is 0.507 e. The van der Waals surface area contributed by atoms with Crippen LogP contribution in [-0.2, 0) is 0 Å². The molecular formula is C28H19BrN2O4. The van der Waals surface area contributed by atoms with Gasteiger partial charge in [0.1, 0.15) is 11.5 Å². The van der Waals surface area contributed by atoms with Crippen molar-refractivity contribution in [2.45, 2.75) is 0 Å². The highest BCUT2D eigenvalue weighted by Gasteiger charge is 2.16. The molecule has 0 radical (unpaired) electrons. The van der Waals surface area contributed by atoms with Gasteiger partial charge in [-0.2, -0.15) is 0 Å². The van der Waals surface area contributed by atoms with Crippen LogP contribution >= 0.6 is 15.9 Å². The van der Waals surface area contributed by atoms with E-state index < -0.39 is 11.8 Å². The minimum atomic E-state index is -0.490.